The Morgan fingerprint density at radius 2 is 2.39 bits per heavy atom. The molecular weight excluding hydrogens is 228 g/mol. The Morgan fingerprint density at radius 3 is 3.11 bits per heavy atom. The Kier molecular flexibility index (Phi) is 4.75. The quantitative estimate of drug-likeness (QED) is 0.815. The second-order valence-electron chi connectivity index (χ2n) is 4.70. The third-order valence-electron chi connectivity index (χ3n) is 3.36. The first-order chi connectivity index (χ1) is 8.81. The Labute approximate surface area is 108 Å². The lowest BCUT2D eigenvalue weighted by Gasteiger charge is -2.32. The van der Waals surface area contributed by atoms with Gasteiger partial charge in [0.05, 0.1) is 6.04 Å². The normalized spacial score (nSPS) is 20.4. The molecule has 0 aromatic carbocycles. The number of nitrogens with one attached hydrogen (secondary N) is 1. The van der Waals surface area contributed by atoms with Crippen LogP contribution in [0.25, 0.3) is 0 Å². The molecule has 2 heterocycles. The fourth-order valence-corrected chi connectivity index (χ4v) is 2.45. The number of aromatic nitrogens is 2. The van der Waals surface area contributed by atoms with E-state index < -0.39 is 0 Å². The molecule has 1 aromatic heterocycles. The number of hydrogen-bond donors (Lipinski definition) is 1. The van der Waals surface area contributed by atoms with Gasteiger partial charge >= 0.3 is 0 Å². The van der Waals surface area contributed by atoms with Gasteiger partial charge in [0.1, 0.15) is 0 Å². The number of nitrogens with zero attached hydrogens (tertiary/aromatic N) is 3. The van der Waals surface area contributed by atoms with E-state index in [4.69, 9.17) is 0 Å². The molecule has 1 atom stereocenters. The fraction of sp³-hybridized carbons (Fsp3) is 0.692. The largest absolute Gasteiger partial charge is 0.341 e. The van der Waals surface area contributed by atoms with Crippen LogP contribution in [-0.4, -0.2) is 46.3 Å². The zero-order chi connectivity index (χ0) is 12.8. The van der Waals surface area contributed by atoms with Crippen molar-refractivity contribution in [2.75, 3.05) is 19.6 Å². The van der Waals surface area contributed by atoms with Gasteiger partial charge in [0, 0.05) is 32.0 Å². The summed E-state index contributed by atoms with van der Waals surface area (Å²) in [6.45, 7) is 5.52. The van der Waals surface area contributed by atoms with E-state index >= 15 is 0 Å². The zero-order valence-corrected chi connectivity index (χ0v) is 11.0. The molecule has 5 nitrogen and oxygen atoms in total. The average Bonchev–Trinajstić information content (AvgIpc) is 2.87. The average molecular weight is 250 g/mol. The van der Waals surface area contributed by atoms with E-state index in [1.807, 2.05) is 28.8 Å². The number of hydrogen-bond acceptors (Lipinski definition) is 3. The first-order valence-electron chi connectivity index (χ1n) is 6.81. The third-order valence-corrected chi connectivity index (χ3v) is 3.36. The standard InChI is InChI=1S/C13H22N4O/c1-2-14-12-6-3-8-16(13(12)18)9-5-11-17-10-4-7-15-17/h4,7,10,12,14H,2-3,5-6,8-9,11H2,1H3. The predicted octanol–water partition coefficient (Wildman–Crippen LogP) is 0.874. The van der Waals surface area contributed by atoms with E-state index in [0.717, 1.165) is 45.4 Å². The molecule has 5 heteroatoms. The summed E-state index contributed by atoms with van der Waals surface area (Å²) in [5.41, 5.74) is 0. The van der Waals surface area contributed by atoms with Crippen LogP contribution in [0, 0.1) is 0 Å². The van der Waals surface area contributed by atoms with Crippen LogP contribution in [0.4, 0.5) is 0 Å². The highest BCUT2D eigenvalue weighted by atomic mass is 16.2. The van der Waals surface area contributed by atoms with Gasteiger partial charge in [0.2, 0.25) is 5.91 Å². The first-order valence-corrected chi connectivity index (χ1v) is 6.81. The van der Waals surface area contributed by atoms with Crippen LogP contribution in [0.15, 0.2) is 18.5 Å². The van der Waals surface area contributed by atoms with Gasteiger partial charge < -0.3 is 10.2 Å². The molecule has 1 aliphatic rings. The van der Waals surface area contributed by atoms with E-state index in [9.17, 15) is 4.79 Å². The molecule has 1 saturated heterocycles. The SMILES string of the molecule is CCNC1CCCN(CCCn2cccn2)C1=O. The number of piperidine rings is 1. The van der Waals surface area contributed by atoms with Crippen molar-refractivity contribution in [1.82, 2.24) is 20.0 Å². The molecule has 0 bridgehead atoms. The van der Waals surface area contributed by atoms with E-state index in [0.29, 0.717) is 0 Å². The highest BCUT2D eigenvalue weighted by Crippen LogP contribution is 2.12. The Morgan fingerprint density at radius 1 is 1.50 bits per heavy atom. The van der Waals surface area contributed by atoms with Crippen LogP contribution in [0.1, 0.15) is 26.2 Å². The minimum atomic E-state index is 0.0356. The van der Waals surface area contributed by atoms with Gasteiger partial charge in [0.25, 0.3) is 0 Å². The second kappa shape index (κ2) is 6.54. The number of aryl methyl sites for hydroxylation is 1. The third kappa shape index (κ3) is 3.32. The van der Waals surface area contributed by atoms with E-state index in [2.05, 4.69) is 10.4 Å². The second-order valence-corrected chi connectivity index (χ2v) is 4.70. The van der Waals surface area contributed by atoms with Crippen molar-refractivity contribution in [3.63, 3.8) is 0 Å². The topological polar surface area (TPSA) is 50.2 Å². The molecule has 1 aromatic rings. The Hall–Kier alpha value is -1.36. The van der Waals surface area contributed by atoms with Crippen LogP contribution < -0.4 is 5.32 Å². The van der Waals surface area contributed by atoms with Gasteiger partial charge in [-0.25, -0.2) is 0 Å². The van der Waals surface area contributed by atoms with Gasteiger partial charge in [-0.2, -0.15) is 5.10 Å². The van der Waals surface area contributed by atoms with Gasteiger partial charge in [-0.3, -0.25) is 9.48 Å². The lowest BCUT2D eigenvalue weighted by Crippen LogP contribution is -2.50. The first kappa shape index (κ1) is 13.1. The molecular formula is C13H22N4O. The number of likely N-dealkylation sites (tertiary alicyclic amines) is 1. The molecule has 1 amide bonds. The monoisotopic (exact) mass is 250 g/mol. The summed E-state index contributed by atoms with van der Waals surface area (Å²) in [5.74, 6) is 0.267. The molecule has 1 N–H and O–H groups in total. The number of rotatable bonds is 6. The van der Waals surface area contributed by atoms with Crippen molar-refractivity contribution < 1.29 is 4.79 Å². The molecule has 0 saturated carbocycles. The number of amides is 1. The van der Waals surface area contributed by atoms with E-state index in [1.54, 1.807) is 6.20 Å². The maximum Gasteiger partial charge on any atom is 0.239 e. The molecule has 1 fully saturated rings. The predicted molar refractivity (Wildman–Crippen MR) is 70.1 cm³/mol. The maximum absolute atomic E-state index is 12.1. The lowest BCUT2D eigenvalue weighted by molar-refractivity contribution is -0.136. The number of carbonyl (C=O) groups is 1. The van der Waals surface area contributed by atoms with Gasteiger partial charge in [-0.15, -0.1) is 0 Å². The summed E-state index contributed by atoms with van der Waals surface area (Å²) in [4.78, 5) is 14.1. The Bertz CT molecular complexity index is 361. The fourth-order valence-electron chi connectivity index (χ4n) is 2.45. The van der Waals surface area contributed by atoms with Crippen LogP contribution in [0.2, 0.25) is 0 Å². The summed E-state index contributed by atoms with van der Waals surface area (Å²) >= 11 is 0. The van der Waals surface area contributed by atoms with Gasteiger partial charge in [-0.05, 0) is 31.9 Å². The van der Waals surface area contributed by atoms with Crippen LogP contribution >= 0.6 is 0 Å². The highest BCUT2D eigenvalue weighted by Gasteiger charge is 2.27. The van der Waals surface area contributed by atoms with Crippen molar-refractivity contribution in [3.05, 3.63) is 18.5 Å². The summed E-state index contributed by atoms with van der Waals surface area (Å²) in [5, 5.41) is 7.42. The molecule has 1 unspecified atom stereocenters. The molecule has 0 aliphatic carbocycles. The maximum atomic E-state index is 12.1. The molecule has 2 rings (SSSR count). The van der Waals surface area contributed by atoms with Crippen LogP contribution in [0.5, 0.6) is 0 Å². The minimum Gasteiger partial charge on any atom is -0.341 e. The van der Waals surface area contributed by atoms with Gasteiger partial charge in [0.15, 0.2) is 0 Å². The van der Waals surface area contributed by atoms with E-state index in [1.165, 1.54) is 0 Å². The van der Waals surface area contributed by atoms with Crippen molar-refractivity contribution in [1.29, 1.82) is 0 Å². The molecule has 0 spiro atoms. The van der Waals surface area contributed by atoms with Crippen molar-refractivity contribution in [2.45, 2.75) is 38.8 Å². The molecule has 1 aliphatic heterocycles. The van der Waals surface area contributed by atoms with E-state index in [-0.39, 0.29) is 11.9 Å². The Balaban J connectivity index is 1.76. The number of carbonyl (C=O) groups excluding carboxylic acids is 1. The smallest absolute Gasteiger partial charge is 0.239 e. The van der Waals surface area contributed by atoms with Crippen LogP contribution in [-0.2, 0) is 11.3 Å². The van der Waals surface area contributed by atoms with Crippen molar-refractivity contribution in [2.24, 2.45) is 0 Å². The molecule has 0 radical (unpaired) electrons. The summed E-state index contributed by atoms with van der Waals surface area (Å²) < 4.78 is 1.91. The highest BCUT2D eigenvalue weighted by molar-refractivity contribution is 5.82. The van der Waals surface area contributed by atoms with Crippen molar-refractivity contribution in [3.8, 4) is 0 Å². The summed E-state index contributed by atoms with van der Waals surface area (Å²) in [6.07, 6.45) is 6.78. The van der Waals surface area contributed by atoms with Crippen molar-refractivity contribution >= 4 is 5.91 Å². The number of likely N-dealkylation sites (N-methyl/N-ethyl adjacent to an activating group) is 1. The summed E-state index contributed by atoms with van der Waals surface area (Å²) in [6, 6.07) is 1.96. The summed E-state index contributed by atoms with van der Waals surface area (Å²) in [7, 11) is 0. The van der Waals surface area contributed by atoms with Crippen LogP contribution in [0.3, 0.4) is 0 Å². The molecule has 18 heavy (non-hydrogen) atoms. The minimum absolute atomic E-state index is 0.0356. The zero-order valence-electron chi connectivity index (χ0n) is 11.0. The van der Waals surface area contributed by atoms with Gasteiger partial charge in [-0.1, -0.05) is 6.92 Å². The molecule has 100 valence electrons. The lowest BCUT2D eigenvalue weighted by atomic mass is 10.0.